The molecule has 4 rings (SSSR count). The SMILES string of the molecule is OCc1nnc(N2CCC[C@@H](c3nc4ccccc4o3)C2)s1. The number of oxazole rings is 1. The Balaban J connectivity index is 1.57. The van der Waals surface area contributed by atoms with Gasteiger partial charge in [0.25, 0.3) is 0 Å². The van der Waals surface area contributed by atoms with E-state index in [-0.39, 0.29) is 12.5 Å². The highest BCUT2D eigenvalue weighted by atomic mass is 32.1. The number of piperidine rings is 1. The van der Waals surface area contributed by atoms with Gasteiger partial charge in [-0.15, -0.1) is 10.2 Å². The van der Waals surface area contributed by atoms with E-state index in [0.717, 1.165) is 48.1 Å². The van der Waals surface area contributed by atoms with E-state index in [1.54, 1.807) is 0 Å². The summed E-state index contributed by atoms with van der Waals surface area (Å²) in [6, 6.07) is 7.85. The molecule has 2 aromatic heterocycles. The molecule has 0 saturated carbocycles. The van der Waals surface area contributed by atoms with Gasteiger partial charge in [-0.25, -0.2) is 4.98 Å². The summed E-state index contributed by atoms with van der Waals surface area (Å²) in [4.78, 5) is 6.83. The minimum atomic E-state index is -0.0555. The van der Waals surface area contributed by atoms with Crippen LogP contribution < -0.4 is 4.90 Å². The molecule has 1 aromatic carbocycles. The zero-order chi connectivity index (χ0) is 14.9. The number of hydrogen-bond acceptors (Lipinski definition) is 7. The van der Waals surface area contributed by atoms with Crippen molar-refractivity contribution in [2.45, 2.75) is 25.4 Å². The number of fused-ring (bicyclic) bond motifs is 1. The largest absolute Gasteiger partial charge is 0.440 e. The molecule has 1 saturated heterocycles. The summed E-state index contributed by atoms with van der Waals surface area (Å²) in [5, 5.41) is 18.8. The van der Waals surface area contributed by atoms with Gasteiger partial charge in [0, 0.05) is 13.1 Å². The Morgan fingerprint density at radius 3 is 3.05 bits per heavy atom. The van der Waals surface area contributed by atoms with Crippen LogP contribution in [0.1, 0.15) is 29.7 Å². The van der Waals surface area contributed by atoms with Gasteiger partial charge in [-0.2, -0.15) is 0 Å². The van der Waals surface area contributed by atoms with Crippen LogP contribution >= 0.6 is 11.3 Å². The zero-order valence-electron chi connectivity index (χ0n) is 12.0. The molecule has 22 heavy (non-hydrogen) atoms. The summed E-state index contributed by atoms with van der Waals surface area (Å²) in [6.45, 7) is 1.73. The third-order valence-corrected chi connectivity index (χ3v) is 4.91. The van der Waals surface area contributed by atoms with E-state index in [1.165, 1.54) is 11.3 Å². The number of aromatic nitrogens is 3. The lowest BCUT2D eigenvalue weighted by Crippen LogP contribution is -2.34. The van der Waals surface area contributed by atoms with Crippen LogP contribution in [0.5, 0.6) is 0 Å². The molecule has 3 heterocycles. The number of benzene rings is 1. The van der Waals surface area contributed by atoms with E-state index in [2.05, 4.69) is 20.1 Å². The van der Waals surface area contributed by atoms with E-state index < -0.39 is 0 Å². The molecule has 0 bridgehead atoms. The van der Waals surface area contributed by atoms with Crippen molar-refractivity contribution in [1.29, 1.82) is 0 Å². The number of aliphatic hydroxyl groups is 1. The number of para-hydroxylation sites is 2. The first kappa shape index (κ1) is 13.7. The Kier molecular flexibility index (Phi) is 3.51. The molecular weight excluding hydrogens is 300 g/mol. The molecule has 3 aromatic rings. The molecule has 114 valence electrons. The molecule has 0 spiro atoms. The monoisotopic (exact) mass is 316 g/mol. The van der Waals surface area contributed by atoms with Crippen LogP contribution in [0.2, 0.25) is 0 Å². The molecule has 7 heteroatoms. The van der Waals surface area contributed by atoms with Gasteiger partial charge in [0.15, 0.2) is 11.5 Å². The molecule has 1 atom stereocenters. The Morgan fingerprint density at radius 1 is 1.32 bits per heavy atom. The molecule has 1 aliphatic heterocycles. The van der Waals surface area contributed by atoms with Crippen molar-refractivity contribution in [1.82, 2.24) is 15.2 Å². The third kappa shape index (κ3) is 2.46. The summed E-state index contributed by atoms with van der Waals surface area (Å²) in [5.41, 5.74) is 1.75. The second kappa shape index (κ2) is 5.66. The smallest absolute Gasteiger partial charge is 0.208 e. The Labute approximate surface area is 131 Å². The molecule has 1 N–H and O–H groups in total. The molecule has 6 nitrogen and oxygen atoms in total. The van der Waals surface area contributed by atoms with Crippen LogP contribution in [-0.2, 0) is 6.61 Å². The highest BCUT2D eigenvalue weighted by Gasteiger charge is 2.27. The molecule has 0 radical (unpaired) electrons. The molecule has 1 fully saturated rings. The fourth-order valence-electron chi connectivity index (χ4n) is 2.85. The number of aliphatic hydroxyl groups excluding tert-OH is 1. The normalized spacial score (nSPS) is 19.0. The van der Waals surface area contributed by atoms with Crippen molar-refractivity contribution in [3.8, 4) is 0 Å². The average Bonchev–Trinajstić information content (AvgIpc) is 3.21. The van der Waals surface area contributed by atoms with E-state index in [4.69, 9.17) is 9.52 Å². The van der Waals surface area contributed by atoms with Crippen molar-refractivity contribution in [3.63, 3.8) is 0 Å². The zero-order valence-corrected chi connectivity index (χ0v) is 12.8. The summed E-state index contributed by atoms with van der Waals surface area (Å²) in [5.74, 6) is 1.07. The van der Waals surface area contributed by atoms with Gasteiger partial charge in [0.1, 0.15) is 10.5 Å². The van der Waals surface area contributed by atoms with E-state index >= 15 is 0 Å². The highest BCUT2D eigenvalue weighted by Crippen LogP contribution is 2.32. The van der Waals surface area contributed by atoms with Gasteiger partial charge in [0.2, 0.25) is 5.13 Å². The maximum Gasteiger partial charge on any atom is 0.208 e. The van der Waals surface area contributed by atoms with Gasteiger partial charge in [-0.05, 0) is 25.0 Å². The maximum absolute atomic E-state index is 9.12. The van der Waals surface area contributed by atoms with Gasteiger partial charge >= 0.3 is 0 Å². The summed E-state index contributed by atoms with van der Waals surface area (Å²) >= 11 is 1.44. The van der Waals surface area contributed by atoms with Crippen LogP contribution in [-0.4, -0.2) is 33.4 Å². The van der Waals surface area contributed by atoms with Crippen molar-refractivity contribution in [2.24, 2.45) is 0 Å². The quantitative estimate of drug-likeness (QED) is 0.800. The van der Waals surface area contributed by atoms with Crippen molar-refractivity contribution in [3.05, 3.63) is 35.2 Å². The van der Waals surface area contributed by atoms with Crippen molar-refractivity contribution in [2.75, 3.05) is 18.0 Å². The lowest BCUT2D eigenvalue weighted by atomic mass is 9.98. The lowest BCUT2D eigenvalue weighted by Gasteiger charge is -2.30. The first-order valence-electron chi connectivity index (χ1n) is 7.37. The van der Waals surface area contributed by atoms with Crippen LogP contribution in [0.3, 0.4) is 0 Å². The number of rotatable bonds is 3. The minimum Gasteiger partial charge on any atom is -0.440 e. The standard InChI is InChI=1S/C15H16N4O2S/c20-9-13-17-18-15(22-13)19-7-3-4-10(8-19)14-16-11-5-1-2-6-12(11)21-14/h1-2,5-6,10,20H,3-4,7-9H2/t10-/m1/s1. The lowest BCUT2D eigenvalue weighted by molar-refractivity contribution is 0.280. The van der Waals surface area contributed by atoms with E-state index in [1.807, 2.05) is 24.3 Å². The van der Waals surface area contributed by atoms with Gasteiger partial charge in [0.05, 0.1) is 12.5 Å². The third-order valence-electron chi connectivity index (χ3n) is 3.94. The first-order valence-corrected chi connectivity index (χ1v) is 8.19. The average molecular weight is 316 g/mol. The van der Waals surface area contributed by atoms with E-state index in [9.17, 15) is 0 Å². The Morgan fingerprint density at radius 2 is 2.23 bits per heavy atom. The van der Waals surface area contributed by atoms with Crippen LogP contribution in [0.25, 0.3) is 11.1 Å². The molecule has 0 aliphatic carbocycles. The summed E-state index contributed by atoms with van der Waals surface area (Å²) in [7, 11) is 0. The molecular formula is C15H16N4O2S. The molecule has 0 amide bonds. The predicted octanol–water partition coefficient (Wildman–Crippen LogP) is 2.56. The molecule has 0 unspecified atom stereocenters. The summed E-state index contributed by atoms with van der Waals surface area (Å²) < 4.78 is 5.91. The Hall–Kier alpha value is -1.99. The highest BCUT2D eigenvalue weighted by molar-refractivity contribution is 7.15. The fraction of sp³-hybridized carbons (Fsp3) is 0.400. The topological polar surface area (TPSA) is 75.3 Å². The van der Waals surface area contributed by atoms with Crippen LogP contribution in [0.4, 0.5) is 5.13 Å². The van der Waals surface area contributed by atoms with Crippen LogP contribution in [0.15, 0.2) is 28.7 Å². The predicted molar refractivity (Wildman–Crippen MR) is 84.0 cm³/mol. The van der Waals surface area contributed by atoms with Gasteiger partial charge < -0.3 is 14.4 Å². The number of hydrogen-bond donors (Lipinski definition) is 1. The second-order valence-corrected chi connectivity index (χ2v) is 6.48. The second-order valence-electron chi connectivity index (χ2n) is 5.44. The van der Waals surface area contributed by atoms with Crippen LogP contribution in [0, 0.1) is 0 Å². The fourth-order valence-corrected chi connectivity index (χ4v) is 3.59. The molecule has 1 aliphatic rings. The van der Waals surface area contributed by atoms with Gasteiger partial charge in [-0.3, -0.25) is 0 Å². The van der Waals surface area contributed by atoms with Crippen molar-refractivity contribution >= 4 is 27.6 Å². The maximum atomic E-state index is 9.12. The Bertz CT molecular complexity index is 752. The van der Waals surface area contributed by atoms with E-state index in [0.29, 0.717) is 5.01 Å². The van der Waals surface area contributed by atoms with Gasteiger partial charge in [-0.1, -0.05) is 23.5 Å². The van der Waals surface area contributed by atoms with Crippen molar-refractivity contribution < 1.29 is 9.52 Å². The first-order chi connectivity index (χ1) is 10.8. The summed E-state index contributed by atoms with van der Waals surface area (Å²) in [6.07, 6.45) is 2.13. The number of nitrogens with zero attached hydrogens (tertiary/aromatic N) is 4. The minimum absolute atomic E-state index is 0.0555. The number of anilines is 1.